The molecule has 1 N–H and O–H groups in total. The van der Waals surface area contributed by atoms with Gasteiger partial charge in [-0.25, -0.2) is 0 Å². The van der Waals surface area contributed by atoms with E-state index in [2.05, 4.69) is 5.32 Å². The maximum atomic E-state index is 12.0. The lowest BCUT2D eigenvalue weighted by atomic mass is 10.1. The number of carbonyl (C=O) groups excluding carboxylic acids is 1. The summed E-state index contributed by atoms with van der Waals surface area (Å²) < 4.78 is 10.5. The van der Waals surface area contributed by atoms with E-state index in [4.69, 9.17) is 9.47 Å². The van der Waals surface area contributed by atoms with Crippen LogP contribution in [0.3, 0.4) is 0 Å². The van der Waals surface area contributed by atoms with Gasteiger partial charge in [-0.05, 0) is 49.4 Å². The molecule has 104 valence electrons. The summed E-state index contributed by atoms with van der Waals surface area (Å²) in [5, 5.41) is 2.96. The van der Waals surface area contributed by atoms with E-state index in [0.717, 1.165) is 37.4 Å². The maximum Gasteiger partial charge on any atom is 0.251 e. The molecule has 0 saturated carbocycles. The number of hydrogen-bond acceptors (Lipinski definition) is 3. The van der Waals surface area contributed by atoms with E-state index < -0.39 is 0 Å². The molecule has 0 spiro atoms. The average Bonchev–Trinajstić information content (AvgIpc) is 2.91. The minimum atomic E-state index is -0.0235. The van der Waals surface area contributed by atoms with Crippen LogP contribution in [0.4, 0.5) is 0 Å². The Bertz CT molecular complexity index is 439. The van der Waals surface area contributed by atoms with Crippen molar-refractivity contribution < 1.29 is 14.3 Å². The van der Waals surface area contributed by atoms with Gasteiger partial charge < -0.3 is 14.8 Å². The molecule has 19 heavy (non-hydrogen) atoms. The second-order valence-corrected chi connectivity index (χ2v) is 4.96. The number of benzene rings is 1. The normalized spacial score (nSPS) is 18.3. The molecule has 1 fully saturated rings. The predicted molar refractivity (Wildman–Crippen MR) is 73.6 cm³/mol. The van der Waals surface area contributed by atoms with Gasteiger partial charge in [0.05, 0.1) is 7.11 Å². The van der Waals surface area contributed by atoms with Crippen molar-refractivity contribution in [2.45, 2.75) is 19.8 Å². The monoisotopic (exact) mass is 263 g/mol. The molecule has 1 aliphatic rings. The molecule has 1 heterocycles. The largest absolute Gasteiger partial charge is 0.496 e. The first-order chi connectivity index (χ1) is 9.20. The van der Waals surface area contributed by atoms with Crippen molar-refractivity contribution in [1.29, 1.82) is 0 Å². The highest BCUT2D eigenvalue weighted by atomic mass is 16.5. The van der Waals surface area contributed by atoms with Crippen LogP contribution >= 0.6 is 0 Å². The zero-order chi connectivity index (χ0) is 13.7. The standard InChI is InChI=1S/C15H21NO3/c1-11-9-13(3-4-14(11)18-2)15(17)16-7-5-12-6-8-19-10-12/h3-4,9,12H,5-8,10H2,1-2H3,(H,16,17)/t12-/m1/s1. The summed E-state index contributed by atoms with van der Waals surface area (Å²) in [4.78, 5) is 12.0. The number of methoxy groups -OCH3 is 1. The van der Waals surface area contributed by atoms with Crippen LogP contribution in [0.5, 0.6) is 5.75 Å². The Labute approximate surface area is 114 Å². The number of aryl methyl sites for hydroxylation is 1. The first kappa shape index (κ1) is 13.9. The van der Waals surface area contributed by atoms with Crippen molar-refractivity contribution in [3.63, 3.8) is 0 Å². The van der Waals surface area contributed by atoms with Crippen molar-refractivity contribution in [1.82, 2.24) is 5.32 Å². The van der Waals surface area contributed by atoms with Gasteiger partial charge in [0.1, 0.15) is 5.75 Å². The van der Waals surface area contributed by atoms with Crippen LogP contribution in [-0.2, 0) is 4.74 Å². The molecular formula is C15H21NO3. The lowest BCUT2D eigenvalue weighted by Crippen LogP contribution is -2.26. The van der Waals surface area contributed by atoms with Gasteiger partial charge in [0.2, 0.25) is 0 Å². The van der Waals surface area contributed by atoms with Crippen LogP contribution in [0, 0.1) is 12.8 Å². The van der Waals surface area contributed by atoms with E-state index in [1.165, 1.54) is 0 Å². The molecule has 0 bridgehead atoms. The summed E-state index contributed by atoms with van der Waals surface area (Å²) in [6, 6.07) is 5.47. The third-order valence-corrected chi connectivity index (χ3v) is 3.52. The maximum absolute atomic E-state index is 12.0. The zero-order valence-electron chi connectivity index (χ0n) is 11.6. The van der Waals surface area contributed by atoms with Crippen molar-refractivity contribution in [2.75, 3.05) is 26.9 Å². The first-order valence-corrected chi connectivity index (χ1v) is 6.71. The van der Waals surface area contributed by atoms with Crippen LogP contribution < -0.4 is 10.1 Å². The minimum absolute atomic E-state index is 0.0235. The van der Waals surface area contributed by atoms with E-state index in [-0.39, 0.29) is 5.91 Å². The predicted octanol–water partition coefficient (Wildman–Crippen LogP) is 2.16. The van der Waals surface area contributed by atoms with Crippen molar-refractivity contribution >= 4 is 5.91 Å². The summed E-state index contributed by atoms with van der Waals surface area (Å²) in [5.41, 5.74) is 1.65. The van der Waals surface area contributed by atoms with Crippen LogP contribution in [0.15, 0.2) is 18.2 Å². The number of hydrogen-bond donors (Lipinski definition) is 1. The zero-order valence-corrected chi connectivity index (χ0v) is 11.6. The SMILES string of the molecule is COc1ccc(C(=O)NCC[C@@H]2CCOC2)cc1C. The van der Waals surface area contributed by atoms with Crippen molar-refractivity contribution in [2.24, 2.45) is 5.92 Å². The quantitative estimate of drug-likeness (QED) is 0.885. The molecule has 4 heteroatoms. The van der Waals surface area contributed by atoms with E-state index in [1.54, 1.807) is 13.2 Å². The molecule has 1 atom stereocenters. The molecule has 0 unspecified atom stereocenters. The Hall–Kier alpha value is -1.55. The van der Waals surface area contributed by atoms with Crippen LogP contribution in [0.25, 0.3) is 0 Å². The number of rotatable bonds is 5. The molecule has 0 radical (unpaired) electrons. The second-order valence-electron chi connectivity index (χ2n) is 4.96. The molecule has 4 nitrogen and oxygen atoms in total. The van der Waals surface area contributed by atoms with Crippen molar-refractivity contribution in [3.05, 3.63) is 29.3 Å². The fourth-order valence-electron chi connectivity index (χ4n) is 2.32. The average molecular weight is 263 g/mol. The van der Waals surface area contributed by atoms with Crippen LogP contribution in [0.2, 0.25) is 0 Å². The van der Waals surface area contributed by atoms with Crippen LogP contribution in [-0.4, -0.2) is 32.8 Å². The van der Waals surface area contributed by atoms with Crippen LogP contribution in [0.1, 0.15) is 28.8 Å². The molecule has 1 aromatic carbocycles. The summed E-state index contributed by atoms with van der Waals surface area (Å²) in [7, 11) is 1.63. The highest BCUT2D eigenvalue weighted by molar-refractivity contribution is 5.94. The second kappa shape index (κ2) is 6.57. The molecule has 1 aromatic rings. The Morgan fingerprint density at radius 2 is 2.37 bits per heavy atom. The lowest BCUT2D eigenvalue weighted by Gasteiger charge is -2.10. The van der Waals surface area contributed by atoms with Gasteiger partial charge in [0, 0.05) is 25.3 Å². The van der Waals surface area contributed by atoms with Crippen molar-refractivity contribution in [3.8, 4) is 5.75 Å². The van der Waals surface area contributed by atoms with E-state index in [0.29, 0.717) is 18.0 Å². The molecule has 1 saturated heterocycles. The number of carbonyl (C=O) groups is 1. The van der Waals surface area contributed by atoms with Gasteiger partial charge in [0.25, 0.3) is 5.91 Å². The third kappa shape index (κ3) is 3.70. The van der Waals surface area contributed by atoms with E-state index in [1.807, 2.05) is 19.1 Å². The molecule has 2 rings (SSSR count). The summed E-state index contributed by atoms with van der Waals surface area (Å²) in [5.74, 6) is 1.38. The summed E-state index contributed by atoms with van der Waals surface area (Å²) in [6.45, 7) is 4.33. The highest BCUT2D eigenvalue weighted by Crippen LogP contribution is 2.18. The molecule has 0 aliphatic carbocycles. The fraction of sp³-hybridized carbons (Fsp3) is 0.533. The Balaban J connectivity index is 1.83. The molecular weight excluding hydrogens is 242 g/mol. The minimum Gasteiger partial charge on any atom is -0.496 e. The van der Waals surface area contributed by atoms with Gasteiger partial charge >= 0.3 is 0 Å². The van der Waals surface area contributed by atoms with Gasteiger partial charge in [-0.15, -0.1) is 0 Å². The lowest BCUT2D eigenvalue weighted by molar-refractivity contribution is 0.0950. The smallest absolute Gasteiger partial charge is 0.251 e. The Morgan fingerprint density at radius 1 is 1.53 bits per heavy atom. The van der Waals surface area contributed by atoms with Gasteiger partial charge in [-0.3, -0.25) is 4.79 Å². The topological polar surface area (TPSA) is 47.6 Å². The number of ether oxygens (including phenoxy) is 2. The third-order valence-electron chi connectivity index (χ3n) is 3.52. The highest BCUT2D eigenvalue weighted by Gasteiger charge is 2.15. The fourth-order valence-corrected chi connectivity index (χ4v) is 2.32. The number of nitrogens with one attached hydrogen (secondary N) is 1. The molecule has 1 aliphatic heterocycles. The van der Waals surface area contributed by atoms with E-state index >= 15 is 0 Å². The molecule has 1 amide bonds. The Morgan fingerprint density at radius 3 is 3.00 bits per heavy atom. The van der Waals surface area contributed by atoms with Gasteiger partial charge in [-0.1, -0.05) is 0 Å². The van der Waals surface area contributed by atoms with Gasteiger partial charge in [0.15, 0.2) is 0 Å². The first-order valence-electron chi connectivity index (χ1n) is 6.71. The molecule has 0 aromatic heterocycles. The van der Waals surface area contributed by atoms with Gasteiger partial charge in [-0.2, -0.15) is 0 Å². The Kier molecular flexibility index (Phi) is 4.80. The summed E-state index contributed by atoms with van der Waals surface area (Å²) >= 11 is 0. The van der Waals surface area contributed by atoms with E-state index in [9.17, 15) is 4.79 Å². The number of amides is 1. The summed E-state index contributed by atoms with van der Waals surface area (Å²) in [6.07, 6.45) is 2.10.